The molecule has 1 atom stereocenters. The zero-order valence-electron chi connectivity index (χ0n) is 17.5. The lowest BCUT2D eigenvalue weighted by Gasteiger charge is -2.30. The molecular formula is C22H23FN4O4S. The van der Waals surface area contributed by atoms with E-state index in [0.717, 1.165) is 25.6 Å². The van der Waals surface area contributed by atoms with Gasteiger partial charge >= 0.3 is 0 Å². The molecule has 0 spiro atoms. The maximum atomic E-state index is 13.1. The van der Waals surface area contributed by atoms with E-state index in [1.54, 1.807) is 24.3 Å². The van der Waals surface area contributed by atoms with Gasteiger partial charge in [0.05, 0.1) is 17.4 Å². The molecule has 2 heterocycles. The Bertz CT molecular complexity index is 1190. The maximum Gasteiger partial charge on any atom is 0.238 e. The van der Waals surface area contributed by atoms with E-state index in [2.05, 4.69) is 15.5 Å². The van der Waals surface area contributed by atoms with Gasteiger partial charge in [0, 0.05) is 24.1 Å². The van der Waals surface area contributed by atoms with Crippen LogP contribution >= 0.6 is 0 Å². The Morgan fingerprint density at radius 2 is 1.91 bits per heavy atom. The van der Waals surface area contributed by atoms with Gasteiger partial charge in [-0.2, -0.15) is 4.98 Å². The van der Waals surface area contributed by atoms with Crippen LogP contribution in [0, 0.1) is 5.82 Å². The molecular weight excluding hydrogens is 435 g/mol. The fourth-order valence-corrected chi connectivity index (χ4v) is 4.34. The topological polar surface area (TPSA) is 105 Å². The smallest absolute Gasteiger partial charge is 0.238 e. The Morgan fingerprint density at radius 1 is 1.19 bits per heavy atom. The summed E-state index contributed by atoms with van der Waals surface area (Å²) in [6.07, 6.45) is 2.89. The number of carbonyl (C=O) groups excluding carboxylic acids is 1. The van der Waals surface area contributed by atoms with Crippen molar-refractivity contribution in [2.75, 3.05) is 31.2 Å². The van der Waals surface area contributed by atoms with Crippen LogP contribution in [-0.2, 0) is 14.6 Å². The number of hydrogen-bond donors (Lipinski definition) is 1. The van der Waals surface area contributed by atoms with Crippen LogP contribution in [0.3, 0.4) is 0 Å². The maximum absolute atomic E-state index is 13.1. The zero-order valence-corrected chi connectivity index (χ0v) is 18.3. The van der Waals surface area contributed by atoms with Gasteiger partial charge in [-0.25, -0.2) is 12.8 Å². The second-order valence-corrected chi connectivity index (χ2v) is 9.90. The molecule has 168 valence electrons. The molecule has 0 radical (unpaired) electrons. The first kappa shape index (κ1) is 22.1. The lowest BCUT2D eigenvalue weighted by molar-refractivity contribution is -0.117. The van der Waals surface area contributed by atoms with Crippen LogP contribution in [0.25, 0.3) is 11.4 Å². The van der Waals surface area contributed by atoms with Crippen LogP contribution in [0.1, 0.15) is 24.7 Å². The van der Waals surface area contributed by atoms with Crippen molar-refractivity contribution in [1.29, 1.82) is 0 Å². The van der Waals surface area contributed by atoms with E-state index in [1.807, 2.05) is 4.90 Å². The lowest BCUT2D eigenvalue weighted by atomic mass is 9.98. The molecule has 0 saturated carbocycles. The molecule has 0 aliphatic carbocycles. The quantitative estimate of drug-likeness (QED) is 0.605. The first-order valence-corrected chi connectivity index (χ1v) is 12.1. The number of aromatic nitrogens is 2. The summed E-state index contributed by atoms with van der Waals surface area (Å²) < 4.78 is 41.7. The molecule has 10 heteroatoms. The highest BCUT2D eigenvalue weighted by atomic mass is 32.2. The Labute approximate surface area is 185 Å². The van der Waals surface area contributed by atoms with Crippen LogP contribution in [0.5, 0.6) is 0 Å². The van der Waals surface area contributed by atoms with E-state index in [1.165, 1.54) is 24.3 Å². The summed E-state index contributed by atoms with van der Waals surface area (Å²) in [5, 5.41) is 6.80. The average molecular weight is 459 g/mol. The Morgan fingerprint density at radius 3 is 2.59 bits per heavy atom. The number of sulfone groups is 1. The summed E-state index contributed by atoms with van der Waals surface area (Å²) in [4.78, 5) is 19.2. The van der Waals surface area contributed by atoms with Crippen molar-refractivity contribution in [3.8, 4) is 11.4 Å². The largest absolute Gasteiger partial charge is 0.339 e. The van der Waals surface area contributed by atoms with Crippen LogP contribution in [0.2, 0.25) is 0 Å². The Kier molecular flexibility index (Phi) is 6.33. The average Bonchev–Trinajstić information content (AvgIpc) is 3.24. The molecule has 1 aromatic heterocycles. The molecule has 1 unspecified atom stereocenters. The van der Waals surface area contributed by atoms with Crippen molar-refractivity contribution in [2.24, 2.45) is 0 Å². The fraction of sp³-hybridized carbons (Fsp3) is 0.318. The van der Waals surface area contributed by atoms with Gasteiger partial charge in [0.15, 0.2) is 9.84 Å². The van der Waals surface area contributed by atoms with E-state index in [-0.39, 0.29) is 29.1 Å². The summed E-state index contributed by atoms with van der Waals surface area (Å²) in [5.74, 6) is 0.408. The number of nitrogens with one attached hydrogen (secondary N) is 1. The van der Waals surface area contributed by atoms with Crippen molar-refractivity contribution in [3.63, 3.8) is 0 Å². The molecule has 4 rings (SSSR count). The highest BCUT2D eigenvalue weighted by molar-refractivity contribution is 7.90. The number of nitrogens with zero attached hydrogens (tertiary/aromatic N) is 3. The molecule has 1 amide bonds. The van der Waals surface area contributed by atoms with E-state index >= 15 is 0 Å². The standard InChI is InChI=1S/C22H23FN4O4S/c1-32(29,30)19-10-8-18(9-11-19)24-20(28)14-27-12-2-3-16(13-27)22-25-21(26-31-22)15-4-6-17(23)7-5-15/h4-11,16H,2-3,12-14H2,1H3,(H,24,28). The molecule has 1 aliphatic heterocycles. The molecule has 1 saturated heterocycles. The minimum Gasteiger partial charge on any atom is -0.339 e. The van der Waals surface area contributed by atoms with Crippen LogP contribution in [0.4, 0.5) is 10.1 Å². The van der Waals surface area contributed by atoms with E-state index in [0.29, 0.717) is 29.5 Å². The van der Waals surface area contributed by atoms with Gasteiger partial charge in [0.25, 0.3) is 0 Å². The van der Waals surface area contributed by atoms with Gasteiger partial charge in [0.1, 0.15) is 5.82 Å². The first-order valence-electron chi connectivity index (χ1n) is 10.2. The summed E-state index contributed by atoms with van der Waals surface area (Å²) in [6.45, 7) is 1.57. The summed E-state index contributed by atoms with van der Waals surface area (Å²) in [5.41, 5.74) is 1.21. The molecule has 1 N–H and O–H groups in total. The first-order chi connectivity index (χ1) is 15.3. The molecule has 1 fully saturated rings. The minimum atomic E-state index is -3.28. The summed E-state index contributed by atoms with van der Waals surface area (Å²) >= 11 is 0. The number of halogens is 1. The van der Waals surface area contributed by atoms with Crippen molar-refractivity contribution >= 4 is 21.4 Å². The third kappa shape index (κ3) is 5.38. The molecule has 0 bridgehead atoms. The molecule has 32 heavy (non-hydrogen) atoms. The molecule has 8 nitrogen and oxygen atoms in total. The lowest BCUT2D eigenvalue weighted by Crippen LogP contribution is -2.39. The normalized spacial score (nSPS) is 17.2. The number of amides is 1. The third-order valence-electron chi connectivity index (χ3n) is 5.33. The van der Waals surface area contributed by atoms with E-state index < -0.39 is 9.84 Å². The molecule has 3 aromatic rings. The molecule has 2 aromatic carbocycles. The highest BCUT2D eigenvalue weighted by Crippen LogP contribution is 2.27. The van der Waals surface area contributed by atoms with Crippen LogP contribution in [0.15, 0.2) is 57.9 Å². The van der Waals surface area contributed by atoms with Crippen molar-refractivity contribution in [2.45, 2.75) is 23.7 Å². The van der Waals surface area contributed by atoms with Gasteiger partial charge in [-0.15, -0.1) is 0 Å². The van der Waals surface area contributed by atoms with Crippen molar-refractivity contribution < 1.29 is 22.1 Å². The van der Waals surface area contributed by atoms with Crippen LogP contribution < -0.4 is 5.32 Å². The zero-order chi connectivity index (χ0) is 22.7. The predicted octanol–water partition coefficient (Wildman–Crippen LogP) is 3.10. The number of benzene rings is 2. The second-order valence-electron chi connectivity index (χ2n) is 7.88. The molecule has 1 aliphatic rings. The summed E-state index contributed by atoms with van der Waals surface area (Å²) in [6, 6.07) is 12.0. The van der Waals surface area contributed by atoms with E-state index in [4.69, 9.17) is 4.52 Å². The fourth-order valence-electron chi connectivity index (χ4n) is 3.71. The second kappa shape index (κ2) is 9.17. The number of rotatable bonds is 6. The van der Waals surface area contributed by atoms with Gasteiger partial charge < -0.3 is 9.84 Å². The van der Waals surface area contributed by atoms with Gasteiger partial charge in [-0.05, 0) is 67.9 Å². The Hall–Kier alpha value is -3.11. The Balaban J connectivity index is 1.35. The van der Waals surface area contributed by atoms with Gasteiger partial charge in [-0.1, -0.05) is 5.16 Å². The highest BCUT2D eigenvalue weighted by Gasteiger charge is 2.27. The van der Waals surface area contributed by atoms with Gasteiger partial charge in [0.2, 0.25) is 17.6 Å². The van der Waals surface area contributed by atoms with Crippen LogP contribution in [-0.4, -0.2) is 55.3 Å². The summed E-state index contributed by atoms with van der Waals surface area (Å²) in [7, 11) is -3.28. The minimum absolute atomic E-state index is 0.00675. The number of anilines is 1. The third-order valence-corrected chi connectivity index (χ3v) is 6.46. The number of hydrogen-bond acceptors (Lipinski definition) is 7. The number of piperidine rings is 1. The predicted molar refractivity (Wildman–Crippen MR) is 116 cm³/mol. The number of likely N-dealkylation sites (tertiary alicyclic amines) is 1. The monoisotopic (exact) mass is 458 g/mol. The van der Waals surface area contributed by atoms with E-state index in [9.17, 15) is 17.6 Å². The van der Waals surface area contributed by atoms with Crippen molar-refractivity contribution in [3.05, 3.63) is 60.2 Å². The van der Waals surface area contributed by atoms with Gasteiger partial charge in [-0.3, -0.25) is 9.69 Å². The number of carbonyl (C=O) groups is 1. The SMILES string of the molecule is CS(=O)(=O)c1ccc(NC(=O)CN2CCCC(c3nc(-c4ccc(F)cc4)no3)C2)cc1. The van der Waals surface area contributed by atoms with Crippen molar-refractivity contribution in [1.82, 2.24) is 15.0 Å².